The van der Waals surface area contributed by atoms with Gasteiger partial charge in [0.05, 0.1) is 6.04 Å². The fourth-order valence-electron chi connectivity index (χ4n) is 4.12. The summed E-state index contributed by atoms with van der Waals surface area (Å²) in [5.41, 5.74) is 0. The van der Waals surface area contributed by atoms with Crippen LogP contribution in [-0.2, 0) is 4.79 Å². The van der Waals surface area contributed by atoms with Crippen LogP contribution in [0.15, 0.2) is 0 Å². The van der Waals surface area contributed by atoms with Gasteiger partial charge < -0.3 is 10.2 Å². The maximum absolute atomic E-state index is 12.5. The second-order valence-corrected chi connectivity index (χ2v) is 6.28. The van der Waals surface area contributed by atoms with Crippen LogP contribution in [0.5, 0.6) is 0 Å². The first-order valence-electron chi connectivity index (χ1n) is 8.09. The Balaban J connectivity index is 1.62. The molecule has 3 atom stereocenters. The Kier molecular flexibility index (Phi) is 4.08. The molecule has 108 valence electrons. The van der Waals surface area contributed by atoms with Gasteiger partial charge in [0.25, 0.3) is 0 Å². The Bertz CT molecular complexity index is 333. The molecule has 1 N–H and O–H groups in total. The lowest BCUT2D eigenvalue weighted by Gasteiger charge is -2.36. The predicted molar refractivity (Wildman–Crippen MR) is 76.0 cm³/mol. The zero-order valence-corrected chi connectivity index (χ0v) is 12.1. The van der Waals surface area contributed by atoms with Crippen molar-refractivity contribution in [2.24, 2.45) is 0 Å². The Labute approximate surface area is 116 Å². The van der Waals surface area contributed by atoms with Crippen molar-refractivity contribution in [3.8, 4) is 0 Å². The molecule has 3 aliphatic rings. The Morgan fingerprint density at radius 2 is 2.00 bits per heavy atom. The molecule has 3 unspecified atom stereocenters. The SMILES string of the molecule is CCCNC1CCN(C2CCN3CCCCC23)C1=O. The molecular formula is C15H27N3O. The van der Waals surface area contributed by atoms with Crippen molar-refractivity contribution in [3.63, 3.8) is 0 Å². The van der Waals surface area contributed by atoms with Crippen LogP contribution in [0.3, 0.4) is 0 Å². The number of likely N-dealkylation sites (tertiary alicyclic amines) is 1. The van der Waals surface area contributed by atoms with E-state index in [2.05, 4.69) is 22.0 Å². The normalized spacial score (nSPS) is 35.9. The summed E-state index contributed by atoms with van der Waals surface area (Å²) in [4.78, 5) is 17.3. The van der Waals surface area contributed by atoms with Gasteiger partial charge >= 0.3 is 0 Å². The molecule has 3 rings (SSSR count). The van der Waals surface area contributed by atoms with Gasteiger partial charge in [-0.3, -0.25) is 9.69 Å². The lowest BCUT2D eigenvalue weighted by molar-refractivity contribution is -0.132. The first-order chi connectivity index (χ1) is 9.31. The highest BCUT2D eigenvalue weighted by Crippen LogP contribution is 2.32. The molecule has 0 bridgehead atoms. The first-order valence-corrected chi connectivity index (χ1v) is 8.09. The van der Waals surface area contributed by atoms with Crippen molar-refractivity contribution in [2.45, 2.75) is 63.6 Å². The highest BCUT2D eigenvalue weighted by Gasteiger charge is 2.44. The van der Waals surface area contributed by atoms with Gasteiger partial charge in [-0.25, -0.2) is 0 Å². The van der Waals surface area contributed by atoms with Gasteiger partial charge in [-0.2, -0.15) is 0 Å². The van der Waals surface area contributed by atoms with E-state index in [1.165, 1.54) is 38.8 Å². The zero-order valence-electron chi connectivity index (χ0n) is 12.1. The standard InChI is InChI=1S/C15H27N3O/c1-2-8-16-12-6-11-18(15(12)19)14-7-10-17-9-4-3-5-13(14)17/h12-14,16H,2-11H2,1H3. The molecule has 3 saturated heterocycles. The largest absolute Gasteiger partial charge is 0.337 e. The summed E-state index contributed by atoms with van der Waals surface area (Å²) in [7, 11) is 0. The van der Waals surface area contributed by atoms with Crippen molar-refractivity contribution in [1.82, 2.24) is 15.1 Å². The quantitative estimate of drug-likeness (QED) is 0.830. The summed E-state index contributed by atoms with van der Waals surface area (Å²) in [6.45, 7) is 6.54. The second-order valence-electron chi connectivity index (χ2n) is 6.28. The molecule has 4 heteroatoms. The third-order valence-corrected chi connectivity index (χ3v) is 5.10. The van der Waals surface area contributed by atoms with E-state index in [-0.39, 0.29) is 6.04 Å². The molecular weight excluding hydrogens is 238 g/mol. The number of amides is 1. The van der Waals surface area contributed by atoms with Gasteiger partial charge in [-0.15, -0.1) is 0 Å². The van der Waals surface area contributed by atoms with Crippen molar-refractivity contribution in [2.75, 3.05) is 26.2 Å². The zero-order chi connectivity index (χ0) is 13.2. The molecule has 0 radical (unpaired) electrons. The van der Waals surface area contributed by atoms with Crippen LogP contribution in [0.4, 0.5) is 0 Å². The maximum atomic E-state index is 12.5. The van der Waals surface area contributed by atoms with Gasteiger partial charge in [0, 0.05) is 25.2 Å². The van der Waals surface area contributed by atoms with Crippen molar-refractivity contribution in [3.05, 3.63) is 0 Å². The highest BCUT2D eigenvalue weighted by molar-refractivity contribution is 5.84. The van der Waals surface area contributed by atoms with Crippen molar-refractivity contribution in [1.29, 1.82) is 0 Å². The summed E-state index contributed by atoms with van der Waals surface area (Å²) >= 11 is 0. The van der Waals surface area contributed by atoms with Crippen LogP contribution in [0.2, 0.25) is 0 Å². The molecule has 0 saturated carbocycles. The maximum Gasteiger partial charge on any atom is 0.240 e. The fraction of sp³-hybridized carbons (Fsp3) is 0.933. The van der Waals surface area contributed by atoms with Crippen molar-refractivity contribution >= 4 is 5.91 Å². The number of fused-ring (bicyclic) bond motifs is 1. The van der Waals surface area contributed by atoms with Gasteiger partial charge in [-0.1, -0.05) is 13.3 Å². The van der Waals surface area contributed by atoms with Gasteiger partial charge in [0.15, 0.2) is 0 Å². The third kappa shape index (κ3) is 2.52. The second kappa shape index (κ2) is 5.80. The van der Waals surface area contributed by atoms with Gasteiger partial charge in [-0.05, 0) is 45.2 Å². The molecule has 3 aliphatic heterocycles. The van der Waals surface area contributed by atoms with Crippen LogP contribution >= 0.6 is 0 Å². The number of carbonyl (C=O) groups is 1. The van der Waals surface area contributed by atoms with Crippen LogP contribution < -0.4 is 5.32 Å². The molecule has 1 amide bonds. The van der Waals surface area contributed by atoms with Gasteiger partial charge in [0.2, 0.25) is 5.91 Å². The van der Waals surface area contributed by atoms with Crippen LogP contribution in [0.25, 0.3) is 0 Å². The summed E-state index contributed by atoms with van der Waals surface area (Å²) in [6, 6.07) is 1.25. The number of hydrogen-bond donors (Lipinski definition) is 1. The molecule has 0 aliphatic carbocycles. The molecule has 3 heterocycles. The first kappa shape index (κ1) is 13.4. The topological polar surface area (TPSA) is 35.6 Å². The number of hydrogen-bond acceptors (Lipinski definition) is 3. The number of nitrogens with one attached hydrogen (secondary N) is 1. The minimum absolute atomic E-state index is 0.0950. The average Bonchev–Trinajstić information content (AvgIpc) is 3.00. The number of rotatable bonds is 4. The van der Waals surface area contributed by atoms with E-state index in [1.807, 2.05) is 0 Å². The van der Waals surface area contributed by atoms with Gasteiger partial charge in [0.1, 0.15) is 0 Å². The molecule has 3 fully saturated rings. The lowest BCUT2D eigenvalue weighted by atomic mass is 9.98. The van der Waals surface area contributed by atoms with Crippen LogP contribution in [0.1, 0.15) is 45.4 Å². The van der Waals surface area contributed by atoms with Crippen LogP contribution in [0, 0.1) is 0 Å². The molecule has 0 aromatic carbocycles. The molecule has 0 spiro atoms. The fourth-order valence-corrected chi connectivity index (χ4v) is 4.12. The predicted octanol–water partition coefficient (Wildman–Crippen LogP) is 1.21. The summed E-state index contributed by atoms with van der Waals surface area (Å²) in [6.07, 6.45) is 7.28. The summed E-state index contributed by atoms with van der Waals surface area (Å²) in [5, 5.41) is 3.40. The molecule has 4 nitrogen and oxygen atoms in total. The highest BCUT2D eigenvalue weighted by atomic mass is 16.2. The van der Waals surface area contributed by atoms with Crippen LogP contribution in [-0.4, -0.2) is 60.0 Å². The van der Waals surface area contributed by atoms with Crippen molar-refractivity contribution < 1.29 is 4.79 Å². The monoisotopic (exact) mass is 265 g/mol. The average molecular weight is 265 g/mol. The number of nitrogens with zero attached hydrogens (tertiary/aromatic N) is 2. The Hall–Kier alpha value is -0.610. The Morgan fingerprint density at radius 3 is 2.84 bits per heavy atom. The molecule has 0 aromatic rings. The lowest BCUT2D eigenvalue weighted by Crippen LogP contribution is -2.49. The van der Waals surface area contributed by atoms with E-state index < -0.39 is 0 Å². The third-order valence-electron chi connectivity index (χ3n) is 5.10. The molecule has 0 aromatic heterocycles. The number of piperidine rings is 1. The van der Waals surface area contributed by atoms with E-state index in [9.17, 15) is 4.79 Å². The van der Waals surface area contributed by atoms with E-state index >= 15 is 0 Å². The minimum Gasteiger partial charge on any atom is -0.337 e. The Morgan fingerprint density at radius 1 is 1.11 bits per heavy atom. The summed E-state index contributed by atoms with van der Waals surface area (Å²) in [5.74, 6) is 0.367. The van der Waals surface area contributed by atoms with E-state index in [0.29, 0.717) is 18.0 Å². The smallest absolute Gasteiger partial charge is 0.240 e. The van der Waals surface area contributed by atoms with E-state index in [1.54, 1.807) is 0 Å². The minimum atomic E-state index is 0.0950. The van der Waals surface area contributed by atoms with E-state index in [4.69, 9.17) is 0 Å². The van der Waals surface area contributed by atoms with E-state index in [0.717, 1.165) is 25.9 Å². The molecule has 19 heavy (non-hydrogen) atoms. The number of carbonyl (C=O) groups excluding carboxylic acids is 1. The summed E-state index contributed by atoms with van der Waals surface area (Å²) < 4.78 is 0.